The molecule has 1 aromatic heterocycles. The minimum Gasteiger partial charge on any atom is -0.496 e. The Kier molecular flexibility index (Phi) is 3.34. The lowest BCUT2D eigenvalue weighted by molar-refractivity contribution is 0.0698. The maximum atomic E-state index is 11.4. The number of nitrogens with zero attached hydrogens (tertiary/aromatic N) is 3. The van der Waals surface area contributed by atoms with E-state index in [-0.39, 0.29) is 5.56 Å². The van der Waals surface area contributed by atoms with Crippen molar-refractivity contribution in [3.63, 3.8) is 0 Å². The van der Waals surface area contributed by atoms with Gasteiger partial charge in [0.1, 0.15) is 16.8 Å². The van der Waals surface area contributed by atoms with Gasteiger partial charge in [-0.05, 0) is 46.3 Å². The van der Waals surface area contributed by atoms with E-state index in [2.05, 4.69) is 26.2 Å². The largest absolute Gasteiger partial charge is 0.496 e. The molecule has 1 N–H and O–H groups in total. The average molecular weight is 348 g/mol. The average Bonchev–Trinajstić information content (AvgIpc) is 2.90. The molecular weight excluding hydrogens is 338 g/mol. The first kappa shape index (κ1) is 13.6. The Bertz CT molecular complexity index is 845. The Morgan fingerprint density at radius 1 is 1.33 bits per heavy atom. The van der Waals surface area contributed by atoms with Gasteiger partial charge in [-0.25, -0.2) is 9.48 Å². The van der Waals surface area contributed by atoms with Gasteiger partial charge in [0.25, 0.3) is 0 Å². The van der Waals surface area contributed by atoms with E-state index in [1.807, 2.05) is 0 Å². The zero-order chi connectivity index (χ0) is 15.0. The number of carbonyl (C=O) groups is 1. The Morgan fingerprint density at radius 2 is 2.14 bits per heavy atom. The summed E-state index contributed by atoms with van der Waals surface area (Å²) in [7, 11) is 1.58. The molecule has 0 spiro atoms. The number of ether oxygens (including phenoxy) is 1. The summed E-state index contributed by atoms with van der Waals surface area (Å²) in [6.07, 6.45) is 0. The molecule has 0 amide bonds. The fourth-order valence-corrected chi connectivity index (χ4v) is 2.64. The van der Waals surface area contributed by atoms with Gasteiger partial charge in [0.15, 0.2) is 0 Å². The Hall–Kier alpha value is -2.41. The highest BCUT2D eigenvalue weighted by molar-refractivity contribution is 9.10. The number of para-hydroxylation sites is 1. The second-order valence-electron chi connectivity index (χ2n) is 4.30. The summed E-state index contributed by atoms with van der Waals surface area (Å²) in [6.45, 7) is 0. The van der Waals surface area contributed by atoms with Crippen molar-refractivity contribution < 1.29 is 14.6 Å². The lowest BCUT2D eigenvalue weighted by Crippen LogP contribution is -2.03. The molecule has 1 heterocycles. The summed E-state index contributed by atoms with van der Waals surface area (Å²) >= 11 is 3.40. The van der Waals surface area contributed by atoms with Crippen LogP contribution in [0.1, 0.15) is 10.4 Å². The van der Waals surface area contributed by atoms with Crippen LogP contribution in [-0.2, 0) is 0 Å². The van der Waals surface area contributed by atoms with Crippen molar-refractivity contribution in [3.8, 4) is 11.4 Å². The number of carboxylic acid groups (broad SMARTS) is 1. The minimum absolute atomic E-state index is 0.157. The van der Waals surface area contributed by atoms with Gasteiger partial charge in [-0.15, -0.1) is 5.10 Å². The van der Waals surface area contributed by atoms with Crippen molar-refractivity contribution >= 4 is 32.9 Å². The summed E-state index contributed by atoms with van der Waals surface area (Å²) in [4.78, 5) is 11.4. The highest BCUT2D eigenvalue weighted by Gasteiger charge is 2.16. The van der Waals surface area contributed by atoms with Gasteiger partial charge < -0.3 is 9.84 Å². The van der Waals surface area contributed by atoms with Crippen molar-refractivity contribution in [1.29, 1.82) is 0 Å². The topological polar surface area (TPSA) is 77.2 Å². The number of carboxylic acids is 1. The number of rotatable bonds is 3. The van der Waals surface area contributed by atoms with Crippen LogP contribution >= 0.6 is 15.9 Å². The number of hydrogen-bond acceptors (Lipinski definition) is 4. The number of halogens is 1. The van der Waals surface area contributed by atoms with E-state index in [1.54, 1.807) is 37.4 Å². The molecule has 0 atom stereocenters. The van der Waals surface area contributed by atoms with E-state index in [0.29, 0.717) is 22.5 Å². The molecule has 7 heteroatoms. The van der Waals surface area contributed by atoms with Crippen LogP contribution in [0.15, 0.2) is 40.9 Å². The second kappa shape index (κ2) is 5.17. The monoisotopic (exact) mass is 347 g/mol. The van der Waals surface area contributed by atoms with Crippen LogP contribution in [0.4, 0.5) is 0 Å². The molecule has 0 fully saturated rings. The maximum absolute atomic E-state index is 11.4. The first-order valence-corrected chi connectivity index (χ1v) is 6.82. The molecule has 106 valence electrons. The Balaban J connectivity index is 2.26. The lowest BCUT2D eigenvalue weighted by Gasteiger charge is -2.07. The molecule has 6 nitrogen and oxygen atoms in total. The van der Waals surface area contributed by atoms with Crippen LogP contribution in [0.2, 0.25) is 0 Å². The van der Waals surface area contributed by atoms with Crippen molar-refractivity contribution in [2.24, 2.45) is 0 Å². The number of benzene rings is 2. The molecular formula is C14H10BrN3O3. The molecule has 3 aromatic rings. The second-order valence-corrected chi connectivity index (χ2v) is 5.15. The smallest absolute Gasteiger partial charge is 0.337 e. The van der Waals surface area contributed by atoms with Crippen molar-refractivity contribution in [2.75, 3.05) is 7.11 Å². The van der Waals surface area contributed by atoms with Gasteiger partial charge in [0.2, 0.25) is 0 Å². The van der Waals surface area contributed by atoms with E-state index in [9.17, 15) is 9.90 Å². The molecule has 0 saturated heterocycles. The summed E-state index contributed by atoms with van der Waals surface area (Å²) < 4.78 is 7.43. The molecule has 0 unspecified atom stereocenters. The van der Waals surface area contributed by atoms with Gasteiger partial charge in [-0.2, -0.15) is 0 Å². The predicted molar refractivity (Wildman–Crippen MR) is 80.1 cm³/mol. The molecule has 0 bridgehead atoms. The van der Waals surface area contributed by atoms with Crippen molar-refractivity contribution in [2.45, 2.75) is 0 Å². The van der Waals surface area contributed by atoms with E-state index in [1.165, 1.54) is 10.7 Å². The molecule has 0 aliphatic carbocycles. The fourth-order valence-electron chi connectivity index (χ4n) is 2.11. The SMILES string of the molecule is COc1ccc(-n2nnc3cccc(C(=O)O)c32)cc1Br. The molecule has 0 aliphatic heterocycles. The highest BCUT2D eigenvalue weighted by Crippen LogP contribution is 2.28. The summed E-state index contributed by atoms with van der Waals surface area (Å²) in [5.74, 6) is -0.335. The van der Waals surface area contributed by atoms with E-state index in [0.717, 1.165) is 4.47 Å². The van der Waals surface area contributed by atoms with Gasteiger partial charge in [-0.1, -0.05) is 11.3 Å². The Morgan fingerprint density at radius 3 is 2.81 bits per heavy atom. The van der Waals surface area contributed by atoms with Crippen LogP contribution in [-0.4, -0.2) is 33.2 Å². The zero-order valence-corrected chi connectivity index (χ0v) is 12.5. The molecule has 2 aromatic carbocycles. The molecule has 0 aliphatic rings. The highest BCUT2D eigenvalue weighted by atomic mass is 79.9. The van der Waals surface area contributed by atoms with Crippen molar-refractivity contribution in [3.05, 3.63) is 46.4 Å². The standard InChI is InChI=1S/C14H10BrN3O3/c1-21-12-6-5-8(7-10(12)15)18-13-9(14(19)20)3-2-4-11(13)16-17-18/h2-7H,1H3,(H,19,20). The van der Waals surface area contributed by atoms with Crippen LogP contribution in [0.5, 0.6) is 5.75 Å². The third kappa shape index (κ3) is 2.25. The zero-order valence-electron chi connectivity index (χ0n) is 10.9. The van der Waals surface area contributed by atoms with Gasteiger partial charge in [-0.3, -0.25) is 0 Å². The molecule has 21 heavy (non-hydrogen) atoms. The first-order chi connectivity index (χ1) is 10.1. The number of methoxy groups -OCH3 is 1. The van der Waals surface area contributed by atoms with E-state index >= 15 is 0 Å². The van der Waals surface area contributed by atoms with Crippen LogP contribution in [0.3, 0.4) is 0 Å². The number of hydrogen-bond donors (Lipinski definition) is 1. The molecule has 3 rings (SSSR count). The maximum Gasteiger partial charge on any atom is 0.337 e. The minimum atomic E-state index is -1.02. The fraction of sp³-hybridized carbons (Fsp3) is 0.0714. The normalized spacial score (nSPS) is 10.8. The lowest BCUT2D eigenvalue weighted by atomic mass is 10.2. The third-order valence-corrected chi connectivity index (χ3v) is 3.70. The van der Waals surface area contributed by atoms with Crippen molar-refractivity contribution in [1.82, 2.24) is 15.0 Å². The number of aromatic nitrogens is 3. The van der Waals surface area contributed by atoms with Gasteiger partial charge >= 0.3 is 5.97 Å². The number of fused-ring (bicyclic) bond motifs is 1. The Labute approximate surface area is 128 Å². The first-order valence-electron chi connectivity index (χ1n) is 6.03. The summed E-state index contributed by atoms with van der Waals surface area (Å²) in [5.41, 5.74) is 1.84. The quantitative estimate of drug-likeness (QED) is 0.788. The van der Waals surface area contributed by atoms with E-state index in [4.69, 9.17) is 4.74 Å². The van der Waals surface area contributed by atoms with E-state index < -0.39 is 5.97 Å². The van der Waals surface area contributed by atoms with Crippen LogP contribution < -0.4 is 4.74 Å². The van der Waals surface area contributed by atoms with Gasteiger partial charge in [0, 0.05) is 0 Å². The molecule has 0 saturated carbocycles. The molecule has 0 radical (unpaired) electrons. The number of aromatic carboxylic acids is 1. The summed E-state index contributed by atoms with van der Waals surface area (Å²) in [6, 6.07) is 10.3. The summed E-state index contributed by atoms with van der Waals surface area (Å²) in [5, 5.41) is 17.4. The van der Waals surface area contributed by atoms with Crippen LogP contribution in [0.25, 0.3) is 16.7 Å². The van der Waals surface area contributed by atoms with Gasteiger partial charge in [0.05, 0.1) is 22.8 Å². The predicted octanol–water partition coefficient (Wildman–Crippen LogP) is 2.89. The van der Waals surface area contributed by atoms with Crippen LogP contribution in [0, 0.1) is 0 Å². The third-order valence-electron chi connectivity index (χ3n) is 3.08.